The first-order valence-corrected chi connectivity index (χ1v) is 11.3. The molecule has 2 aliphatic carbocycles. The number of rotatable bonds is 7. The van der Waals surface area contributed by atoms with Gasteiger partial charge in [-0.2, -0.15) is 5.10 Å². The van der Waals surface area contributed by atoms with Crippen molar-refractivity contribution in [2.24, 2.45) is 0 Å². The van der Waals surface area contributed by atoms with Crippen LogP contribution in [0.1, 0.15) is 61.4 Å². The Morgan fingerprint density at radius 3 is 2.47 bits per heavy atom. The van der Waals surface area contributed by atoms with Crippen molar-refractivity contribution in [3.63, 3.8) is 0 Å². The molecule has 30 heavy (non-hydrogen) atoms. The normalized spacial score (nSPS) is 22.0. The van der Waals surface area contributed by atoms with E-state index in [9.17, 15) is 9.59 Å². The molecular formula is C22H26Cl2N4O2. The van der Waals surface area contributed by atoms with Gasteiger partial charge < -0.3 is 10.6 Å². The Kier molecular flexibility index (Phi) is 6.07. The molecule has 0 bridgehead atoms. The minimum atomic E-state index is -0.659. The molecule has 2 amide bonds. The Labute approximate surface area is 186 Å². The molecule has 0 radical (unpaired) electrons. The molecule has 0 unspecified atom stereocenters. The van der Waals surface area contributed by atoms with Crippen LogP contribution in [0, 0.1) is 0 Å². The summed E-state index contributed by atoms with van der Waals surface area (Å²) in [6.07, 6.45) is 8.37. The maximum atomic E-state index is 13.2. The number of amides is 2. The third-order valence-corrected chi connectivity index (χ3v) is 6.75. The number of benzene rings is 1. The average Bonchev–Trinajstić information content (AvgIpc) is 3.16. The number of hydrogen-bond acceptors (Lipinski definition) is 3. The van der Waals surface area contributed by atoms with Crippen LogP contribution in [0.15, 0.2) is 30.6 Å². The van der Waals surface area contributed by atoms with Crippen molar-refractivity contribution >= 4 is 35.0 Å². The van der Waals surface area contributed by atoms with Gasteiger partial charge in [0.1, 0.15) is 0 Å². The van der Waals surface area contributed by atoms with E-state index in [0.717, 1.165) is 45.1 Å². The molecule has 1 heterocycles. The minimum absolute atomic E-state index is 0.0561. The highest BCUT2D eigenvalue weighted by Gasteiger charge is 2.54. The van der Waals surface area contributed by atoms with Gasteiger partial charge in [0.2, 0.25) is 5.91 Å². The van der Waals surface area contributed by atoms with Crippen LogP contribution in [0.25, 0.3) is 0 Å². The number of nitrogens with one attached hydrogen (secondary N) is 2. The molecule has 0 aliphatic heterocycles. The number of carbonyl (C=O) groups excluding carboxylic acids is 2. The molecule has 4 rings (SSSR count). The van der Waals surface area contributed by atoms with Gasteiger partial charge in [0.25, 0.3) is 5.91 Å². The predicted molar refractivity (Wildman–Crippen MR) is 117 cm³/mol. The SMILES string of the molecule is CCCn1cc(C(=O)N[C@@H]2CCC[C@H]2NC(=O)C2(c3c(Cl)cccc3Cl)CC2)cn1. The molecule has 0 spiro atoms. The smallest absolute Gasteiger partial charge is 0.254 e. The van der Waals surface area contributed by atoms with E-state index in [1.807, 2.05) is 0 Å². The van der Waals surface area contributed by atoms with Crippen molar-refractivity contribution in [1.29, 1.82) is 0 Å². The summed E-state index contributed by atoms with van der Waals surface area (Å²) >= 11 is 12.8. The number of carbonyl (C=O) groups is 2. The van der Waals surface area contributed by atoms with Crippen LogP contribution in [0.2, 0.25) is 10.0 Å². The second-order valence-corrected chi connectivity index (χ2v) is 9.08. The van der Waals surface area contributed by atoms with Crippen molar-refractivity contribution in [2.75, 3.05) is 0 Å². The fourth-order valence-corrected chi connectivity index (χ4v) is 5.13. The first-order valence-electron chi connectivity index (χ1n) is 10.5. The summed E-state index contributed by atoms with van der Waals surface area (Å²) in [6, 6.07) is 5.12. The van der Waals surface area contributed by atoms with E-state index in [4.69, 9.17) is 23.2 Å². The molecule has 2 N–H and O–H groups in total. The van der Waals surface area contributed by atoms with Crippen LogP contribution < -0.4 is 10.6 Å². The highest BCUT2D eigenvalue weighted by Crippen LogP contribution is 2.53. The lowest BCUT2D eigenvalue weighted by atomic mass is 9.94. The molecule has 2 aliphatic rings. The Balaban J connectivity index is 1.43. The maximum Gasteiger partial charge on any atom is 0.254 e. The van der Waals surface area contributed by atoms with Crippen LogP contribution in [0.5, 0.6) is 0 Å². The largest absolute Gasteiger partial charge is 0.351 e. The second-order valence-electron chi connectivity index (χ2n) is 8.26. The number of halogens is 2. The summed E-state index contributed by atoms with van der Waals surface area (Å²) in [5.41, 5.74) is 0.600. The lowest BCUT2D eigenvalue weighted by Gasteiger charge is -2.25. The van der Waals surface area contributed by atoms with Crippen LogP contribution >= 0.6 is 23.2 Å². The van der Waals surface area contributed by atoms with Gasteiger partial charge >= 0.3 is 0 Å². The van der Waals surface area contributed by atoms with Gasteiger partial charge in [-0.1, -0.05) is 36.2 Å². The average molecular weight is 449 g/mol. The summed E-state index contributed by atoms with van der Waals surface area (Å²) in [4.78, 5) is 25.9. The van der Waals surface area contributed by atoms with Crippen LogP contribution in [-0.2, 0) is 16.8 Å². The molecule has 0 saturated heterocycles. The summed E-state index contributed by atoms with van der Waals surface area (Å²) in [5, 5.41) is 11.5. The quantitative estimate of drug-likeness (QED) is 0.669. The molecule has 2 aromatic rings. The van der Waals surface area contributed by atoms with E-state index >= 15 is 0 Å². The van der Waals surface area contributed by atoms with E-state index in [2.05, 4.69) is 22.7 Å². The van der Waals surface area contributed by atoms with Crippen LogP contribution in [0.4, 0.5) is 0 Å². The van der Waals surface area contributed by atoms with E-state index < -0.39 is 5.41 Å². The number of aromatic nitrogens is 2. The van der Waals surface area contributed by atoms with Gasteiger partial charge in [-0.25, -0.2) is 0 Å². The first kappa shape index (κ1) is 21.2. The molecule has 2 saturated carbocycles. The monoisotopic (exact) mass is 448 g/mol. The Morgan fingerprint density at radius 1 is 1.17 bits per heavy atom. The molecule has 1 aromatic heterocycles. The minimum Gasteiger partial charge on any atom is -0.351 e. The van der Waals surface area contributed by atoms with Gasteiger partial charge in [-0.05, 0) is 50.7 Å². The maximum absolute atomic E-state index is 13.2. The van der Waals surface area contributed by atoms with Crippen LogP contribution in [0.3, 0.4) is 0 Å². The molecular weight excluding hydrogens is 423 g/mol. The standard InChI is InChI=1S/C22H26Cl2N4O2/c1-2-11-28-13-14(12-25-28)20(29)26-17-7-4-8-18(17)27-21(30)22(9-10-22)19-15(23)5-3-6-16(19)24/h3,5-6,12-13,17-18H,2,4,7-11H2,1H3,(H,26,29)(H,27,30)/t17-,18-/m1/s1. The highest BCUT2D eigenvalue weighted by atomic mass is 35.5. The number of hydrogen-bond donors (Lipinski definition) is 2. The molecule has 1 aromatic carbocycles. The van der Waals surface area contributed by atoms with Gasteiger partial charge in [0, 0.05) is 40.4 Å². The fourth-order valence-electron chi connectivity index (χ4n) is 4.37. The summed E-state index contributed by atoms with van der Waals surface area (Å²) in [5.74, 6) is -0.210. The predicted octanol–water partition coefficient (Wildman–Crippen LogP) is 4.10. The number of nitrogens with zero attached hydrogens (tertiary/aromatic N) is 2. The Bertz CT molecular complexity index is 934. The second kappa shape index (κ2) is 8.60. The molecule has 2 fully saturated rings. The third-order valence-electron chi connectivity index (χ3n) is 6.12. The summed E-state index contributed by atoms with van der Waals surface area (Å²) in [7, 11) is 0. The first-order chi connectivity index (χ1) is 14.4. The Morgan fingerprint density at radius 2 is 1.83 bits per heavy atom. The molecule has 8 heteroatoms. The van der Waals surface area contributed by atoms with Crippen LogP contribution in [-0.4, -0.2) is 33.7 Å². The zero-order chi connectivity index (χ0) is 21.3. The van der Waals surface area contributed by atoms with E-state index in [-0.39, 0.29) is 23.9 Å². The lowest BCUT2D eigenvalue weighted by Crippen LogP contribution is -2.51. The number of aryl methyl sites for hydroxylation is 1. The Hall–Kier alpha value is -2.05. The van der Waals surface area contributed by atoms with Crippen molar-refractivity contribution in [1.82, 2.24) is 20.4 Å². The van der Waals surface area contributed by atoms with E-state index in [1.54, 1.807) is 35.3 Å². The van der Waals surface area contributed by atoms with Crippen molar-refractivity contribution in [3.05, 3.63) is 51.8 Å². The highest BCUT2D eigenvalue weighted by molar-refractivity contribution is 6.36. The third kappa shape index (κ3) is 4.08. The zero-order valence-electron chi connectivity index (χ0n) is 17.0. The lowest BCUT2D eigenvalue weighted by molar-refractivity contribution is -0.124. The van der Waals surface area contributed by atoms with Gasteiger partial charge in [0.15, 0.2) is 0 Å². The van der Waals surface area contributed by atoms with Gasteiger partial charge in [-0.3, -0.25) is 14.3 Å². The van der Waals surface area contributed by atoms with Crippen molar-refractivity contribution in [3.8, 4) is 0 Å². The van der Waals surface area contributed by atoms with Gasteiger partial charge in [-0.15, -0.1) is 0 Å². The molecule has 160 valence electrons. The van der Waals surface area contributed by atoms with Gasteiger partial charge in [0.05, 0.1) is 17.2 Å². The van der Waals surface area contributed by atoms with E-state index in [0.29, 0.717) is 21.2 Å². The molecule has 2 atom stereocenters. The summed E-state index contributed by atoms with van der Waals surface area (Å²) < 4.78 is 1.77. The van der Waals surface area contributed by atoms with E-state index in [1.165, 1.54) is 0 Å². The molecule has 6 nitrogen and oxygen atoms in total. The topological polar surface area (TPSA) is 76.0 Å². The summed E-state index contributed by atoms with van der Waals surface area (Å²) in [6.45, 7) is 2.84. The fraction of sp³-hybridized carbons (Fsp3) is 0.500. The van der Waals surface area contributed by atoms with Crippen molar-refractivity contribution in [2.45, 2.75) is 69.5 Å². The zero-order valence-corrected chi connectivity index (χ0v) is 18.5. The van der Waals surface area contributed by atoms with Crippen molar-refractivity contribution < 1.29 is 9.59 Å².